The van der Waals surface area contributed by atoms with Crippen LogP contribution in [0.2, 0.25) is 0 Å². The lowest BCUT2D eigenvalue weighted by molar-refractivity contribution is -0.116. The number of hydrogen-bond acceptors (Lipinski definition) is 9. The van der Waals surface area contributed by atoms with E-state index in [0.717, 1.165) is 11.3 Å². The van der Waals surface area contributed by atoms with Crippen molar-refractivity contribution in [1.82, 2.24) is 25.1 Å². The first-order valence-electron chi connectivity index (χ1n) is 10.4. The summed E-state index contributed by atoms with van der Waals surface area (Å²) in [6, 6.07) is 5.39. The number of aromatic nitrogens is 4. The van der Waals surface area contributed by atoms with E-state index in [1.54, 1.807) is 32.4 Å². The minimum absolute atomic E-state index is 0.167. The van der Waals surface area contributed by atoms with E-state index < -0.39 is 0 Å². The van der Waals surface area contributed by atoms with Crippen molar-refractivity contribution in [2.24, 2.45) is 0 Å². The second-order valence-corrected chi connectivity index (χ2v) is 8.74. The molecule has 10 nitrogen and oxygen atoms in total. The summed E-state index contributed by atoms with van der Waals surface area (Å²) in [5, 5.41) is 17.0. The number of nitrogens with one attached hydrogen (secondary N) is 2. The number of anilines is 1. The summed E-state index contributed by atoms with van der Waals surface area (Å²) in [7, 11) is 3.13. The van der Waals surface area contributed by atoms with Gasteiger partial charge in [-0.2, -0.15) is 0 Å². The summed E-state index contributed by atoms with van der Waals surface area (Å²) in [5.74, 6) is 1.55. The molecule has 0 spiro atoms. The van der Waals surface area contributed by atoms with E-state index >= 15 is 0 Å². The Morgan fingerprint density at radius 2 is 2.00 bits per heavy atom. The van der Waals surface area contributed by atoms with Crippen LogP contribution in [0.1, 0.15) is 24.0 Å². The molecule has 1 aromatic carbocycles. The molecule has 0 aliphatic heterocycles. The van der Waals surface area contributed by atoms with Crippen molar-refractivity contribution < 1.29 is 19.1 Å². The van der Waals surface area contributed by atoms with Crippen molar-refractivity contribution in [3.05, 3.63) is 46.7 Å². The Kier molecular flexibility index (Phi) is 9.05. The highest BCUT2D eigenvalue weighted by Crippen LogP contribution is 2.28. The Morgan fingerprint density at radius 3 is 2.68 bits per heavy atom. The standard InChI is InChI=1S/C22H26N6O4S2/c1-5-28-18(26-27-22(28)34-13-20(30)25-21-24-14(2)12-33-21)11-23-19(29)9-7-15-6-8-16(31-3)17(10-15)32-4/h6-10,12H,5,11,13H2,1-4H3,(H,23,29)(H,24,25,30)/b9-7+. The number of nitrogens with zero attached hydrogens (tertiary/aromatic N) is 4. The monoisotopic (exact) mass is 502 g/mol. The van der Waals surface area contributed by atoms with Gasteiger partial charge in [0.05, 0.1) is 32.2 Å². The van der Waals surface area contributed by atoms with Gasteiger partial charge in [0.15, 0.2) is 27.6 Å². The van der Waals surface area contributed by atoms with Crippen molar-refractivity contribution in [3.8, 4) is 11.5 Å². The molecule has 2 heterocycles. The summed E-state index contributed by atoms with van der Waals surface area (Å²) in [6.07, 6.45) is 3.12. The molecule has 34 heavy (non-hydrogen) atoms. The molecule has 0 saturated carbocycles. The summed E-state index contributed by atoms with van der Waals surface area (Å²) in [6.45, 7) is 4.64. The van der Waals surface area contributed by atoms with E-state index in [1.807, 2.05) is 29.9 Å². The average Bonchev–Trinajstić information content (AvgIpc) is 3.44. The summed E-state index contributed by atoms with van der Waals surface area (Å²) < 4.78 is 12.4. The number of amides is 2. The van der Waals surface area contributed by atoms with Gasteiger partial charge < -0.3 is 24.7 Å². The largest absolute Gasteiger partial charge is 0.493 e. The molecular formula is C22H26N6O4S2. The lowest BCUT2D eigenvalue weighted by Gasteiger charge is -2.08. The molecule has 2 aromatic heterocycles. The fourth-order valence-corrected chi connectivity index (χ4v) is 4.45. The van der Waals surface area contributed by atoms with Gasteiger partial charge in [-0.25, -0.2) is 4.98 Å². The topological polar surface area (TPSA) is 120 Å². The molecule has 0 aliphatic rings. The van der Waals surface area contributed by atoms with Gasteiger partial charge in [0.25, 0.3) is 0 Å². The number of ether oxygens (including phenoxy) is 2. The molecule has 2 amide bonds. The average molecular weight is 503 g/mol. The smallest absolute Gasteiger partial charge is 0.244 e. The second kappa shape index (κ2) is 12.2. The highest BCUT2D eigenvalue weighted by molar-refractivity contribution is 7.99. The number of thioether (sulfide) groups is 1. The van der Waals surface area contributed by atoms with Crippen LogP contribution < -0.4 is 20.1 Å². The predicted molar refractivity (Wildman–Crippen MR) is 132 cm³/mol. The SMILES string of the molecule is CCn1c(CNC(=O)/C=C/c2ccc(OC)c(OC)c2)nnc1SCC(=O)Nc1nc(C)cs1. The zero-order valence-corrected chi connectivity index (χ0v) is 21.0. The Morgan fingerprint density at radius 1 is 1.21 bits per heavy atom. The maximum Gasteiger partial charge on any atom is 0.244 e. The number of carbonyl (C=O) groups is 2. The van der Waals surface area contributed by atoms with Gasteiger partial charge in [0, 0.05) is 18.0 Å². The molecule has 0 atom stereocenters. The Bertz CT molecular complexity index is 1170. The summed E-state index contributed by atoms with van der Waals surface area (Å²) >= 11 is 2.66. The number of carbonyl (C=O) groups excluding carboxylic acids is 2. The van der Waals surface area contributed by atoms with Gasteiger partial charge in [-0.3, -0.25) is 9.59 Å². The van der Waals surface area contributed by atoms with Crippen LogP contribution >= 0.6 is 23.1 Å². The number of rotatable bonds is 11. The number of benzene rings is 1. The van der Waals surface area contributed by atoms with Crippen LogP contribution in [0.4, 0.5) is 5.13 Å². The molecule has 0 radical (unpaired) electrons. The normalized spacial score (nSPS) is 10.9. The first-order valence-corrected chi connectivity index (χ1v) is 12.2. The highest BCUT2D eigenvalue weighted by Gasteiger charge is 2.14. The fraction of sp³-hybridized carbons (Fsp3) is 0.318. The van der Waals surface area contributed by atoms with Crippen LogP contribution in [0, 0.1) is 6.92 Å². The van der Waals surface area contributed by atoms with Crippen molar-refractivity contribution >= 4 is 46.1 Å². The van der Waals surface area contributed by atoms with Gasteiger partial charge in [0.1, 0.15) is 0 Å². The lowest BCUT2D eigenvalue weighted by atomic mass is 10.2. The minimum atomic E-state index is -0.271. The van der Waals surface area contributed by atoms with Crippen LogP contribution in [-0.2, 0) is 22.7 Å². The summed E-state index contributed by atoms with van der Waals surface area (Å²) in [5.41, 5.74) is 1.67. The molecule has 3 rings (SSSR count). The second-order valence-electron chi connectivity index (χ2n) is 6.94. The third kappa shape index (κ3) is 6.81. The molecular weight excluding hydrogens is 476 g/mol. The first kappa shape index (κ1) is 25.2. The van der Waals surface area contributed by atoms with Crippen molar-refractivity contribution in [2.75, 3.05) is 25.3 Å². The van der Waals surface area contributed by atoms with E-state index in [1.165, 1.54) is 29.2 Å². The maximum absolute atomic E-state index is 12.3. The van der Waals surface area contributed by atoms with E-state index in [2.05, 4.69) is 25.8 Å². The molecule has 180 valence electrons. The molecule has 0 aliphatic carbocycles. The molecule has 0 bridgehead atoms. The van der Waals surface area contributed by atoms with Crippen LogP contribution in [-0.4, -0.2) is 51.5 Å². The van der Waals surface area contributed by atoms with Crippen LogP contribution in [0.5, 0.6) is 11.5 Å². The summed E-state index contributed by atoms with van der Waals surface area (Å²) in [4.78, 5) is 28.7. The third-order valence-corrected chi connectivity index (χ3v) is 6.41. The number of methoxy groups -OCH3 is 2. The quantitative estimate of drug-likeness (QED) is 0.303. The number of thiazole rings is 1. The van der Waals surface area contributed by atoms with Crippen molar-refractivity contribution in [1.29, 1.82) is 0 Å². The Hall–Kier alpha value is -3.38. The predicted octanol–water partition coefficient (Wildman–Crippen LogP) is 3.14. The van der Waals surface area contributed by atoms with Gasteiger partial charge in [-0.1, -0.05) is 17.8 Å². The number of hydrogen-bond donors (Lipinski definition) is 2. The van der Waals surface area contributed by atoms with Gasteiger partial charge in [-0.15, -0.1) is 21.5 Å². The third-order valence-electron chi connectivity index (χ3n) is 4.56. The molecule has 0 saturated heterocycles. The Labute approximate surface area is 205 Å². The minimum Gasteiger partial charge on any atom is -0.493 e. The van der Waals surface area contributed by atoms with Gasteiger partial charge in [-0.05, 0) is 37.6 Å². The molecule has 0 fully saturated rings. The van der Waals surface area contributed by atoms with Crippen molar-refractivity contribution in [2.45, 2.75) is 32.1 Å². The van der Waals surface area contributed by atoms with E-state index in [4.69, 9.17) is 9.47 Å². The van der Waals surface area contributed by atoms with Crippen molar-refractivity contribution in [3.63, 3.8) is 0 Å². The van der Waals surface area contributed by atoms with E-state index in [-0.39, 0.29) is 24.1 Å². The fourth-order valence-electron chi connectivity index (χ4n) is 2.92. The first-order chi connectivity index (χ1) is 16.4. The zero-order chi connectivity index (χ0) is 24.5. The highest BCUT2D eigenvalue weighted by atomic mass is 32.2. The van der Waals surface area contributed by atoms with E-state index in [0.29, 0.717) is 34.2 Å². The molecule has 0 unspecified atom stereocenters. The molecule has 3 aromatic rings. The Balaban J connectivity index is 1.53. The molecule has 2 N–H and O–H groups in total. The van der Waals surface area contributed by atoms with Gasteiger partial charge in [0.2, 0.25) is 11.8 Å². The molecule has 12 heteroatoms. The van der Waals surface area contributed by atoms with Crippen LogP contribution in [0.15, 0.2) is 34.8 Å². The van der Waals surface area contributed by atoms with Gasteiger partial charge >= 0.3 is 0 Å². The van der Waals surface area contributed by atoms with Crippen LogP contribution in [0.3, 0.4) is 0 Å². The van der Waals surface area contributed by atoms with E-state index in [9.17, 15) is 9.59 Å². The number of aryl methyl sites for hydroxylation is 1. The maximum atomic E-state index is 12.3. The van der Waals surface area contributed by atoms with Crippen LogP contribution in [0.25, 0.3) is 6.08 Å². The lowest BCUT2D eigenvalue weighted by Crippen LogP contribution is -2.22. The zero-order valence-electron chi connectivity index (χ0n) is 19.3.